The zero-order valence-electron chi connectivity index (χ0n) is 26.5. The van der Waals surface area contributed by atoms with Crippen LogP contribution in [0.4, 0.5) is 36.4 Å². The number of benzene rings is 2. The number of hydrogen-bond acceptors (Lipinski definition) is 7. The highest BCUT2D eigenvalue weighted by Gasteiger charge is 2.42. The number of nitrogens with two attached hydrogens (primary N) is 2. The number of esters is 1. The van der Waals surface area contributed by atoms with Crippen LogP contribution in [-0.4, -0.2) is 54.7 Å². The number of para-hydroxylation sites is 1. The van der Waals surface area contributed by atoms with Crippen molar-refractivity contribution < 1.29 is 54.6 Å². The van der Waals surface area contributed by atoms with Crippen molar-refractivity contribution in [2.24, 2.45) is 28.3 Å². The molecular weight excluding hydrogens is 667 g/mol. The number of halogens is 7. The number of allylic oxidation sites excluding steroid dienone is 1. The summed E-state index contributed by atoms with van der Waals surface area (Å²) in [5, 5.41) is 2.16. The summed E-state index contributed by atoms with van der Waals surface area (Å²) in [7, 11) is 0. The Labute approximate surface area is 276 Å². The highest BCUT2D eigenvalue weighted by molar-refractivity contribution is 6.20. The van der Waals surface area contributed by atoms with Crippen LogP contribution in [0.3, 0.4) is 0 Å². The number of fused-ring (bicyclic) bond motifs is 1. The van der Waals surface area contributed by atoms with Crippen molar-refractivity contribution in [3.05, 3.63) is 76.2 Å². The Balaban J connectivity index is 2.17. The van der Waals surface area contributed by atoms with Gasteiger partial charge in [0.15, 0.2) is 6.73 Å². The van der Waals surface area contributed by atoms with Gasteiger partial charge in [-0.15, -0.1) is 0 Å². The lowest BCUT2D eigenvalue weighted by Crippen LogP contribution is -2.51. The van der Waals surface area contributed by atoms with Gasteiger partial charge in [-0.25, -0.2) is 14.2 Å². The first-order chi connectivity index (χ1) is 22.7. The molecule has 0 bridgehead atoms. The van der Waals surface area contributed by atoms with Crippen molar-refractivity contribution in [1.82, 2.24) is 5.32 Å². The normalized spacial score (nSPS) is 16.1. The first-order valence-electron chi connectivity index (χ1n) is 14.8. The van der Waals surface area contributed by atoms with Gasteiger partial charge >= 0.3 is 18.3 Å². The summed E-state index contributed by atoms with van der Waals surface area (Å²) in [4.78, 5) is 57.9. The average molecular weight is 702 g/mol. The van der Waals surface area contributed by atoms with Crippen molar-refractivity contribution in [2.75, 3.05) is 11.6 Å². The smallest absolute Gasteiger partial charge is 0.389 e. The molecule has 0 aromatic heterocycles. The molecule has 0 saturated heterocycles. The number of nitrogens with one attached hydrogen (secondary N) is 1. The molecule has 1 aliphatic rings. The monoisotopic (exact) mass is 701 g/mol. The maximum Gasteiger partial charge on any atom is 0.389 e. The van der Waals surface area contributed by atoms with Crippen LogP contribution in [0.1, 0.15) is 56.2 Å². The molecule has 0 fully saturated rings. The average Bonchev–Trinajstić information content (AvgIpc) is 3.10. The van der Waals surface area contributed by atoms with Gasteiger partial charge in [0.1, 0.15) is 11.5 Å². The fourth-order valence-electron chi connectivity index (χ4n) is 5.15. The van der Waals surface area contributed by atoms with Gasteiger partial charge in [-0.3, -0.25) is 19.3 Å². The number of alkyl halides is 6. The zero-order valence-corrected chi connectivity index (χ0v) is 26.5. The number of carbonyl (C=O) groups is 4. The van der Waals surface area contributed by atoms with E-state index in [4.69, 9.17) is 16.2 Å². The lowest BCUT2D eigenvalue weighted by Gasteiger charge is -2.28. The predicted octanol–water partition coefficient (Wildman–Crippen LogP) is 4.92. The Morgan fingerprint density at radius 3 is 2.10 bits per heavy atom. The third-order valence-electron chi connectivity index (χ3n) is 7.65. The van der Waals surface area contributed by atoms with Gasteiger partial charge in [-0.1, -0.05) is 30.3 Å². The van der Waals surface area contributed by atoms with E-state index >= 15 is 0 Å². The lowest BCUT2D eigenvalue weighted by atomic mass is 9.83. The third kappa shape index (κ3) is 10.3. The van der Waals surface area contributed by atoms with Crippen LogP contribution in [-0.2, 0) is 23.9 Å². The van der Waals surface area contributed by atoms with Gasteiger partial charge in [-0.2, -0.15) is 26.3 Å². The zero-order chi connectivity index (χ0) is 36.8. The maximum absolute atomic E-state index is 14.4. The fraction of sp³-hybridized carbons (Fsp3) is 0.406. The van der Waals surface area contributed by atoms with E-state index < -0.39 is 92.3 Å². The van der Waals surface area contributed by atoms with E-state index in [1.54, 1.807) is 19.1 Å². The number of amides is 3. The van der Waals surface area contributed by atoms with E-state index in [2.05, 4.69) is 10.3 Å². The van der Waals surface area contributed by atoms with Gasteiger partial charge in [0.25, 0.3) is 5.91 Å². The number of ether oxygens (including phenoxy) is 1. The Morgan fingerprint density at radius 1 is 0.959 bits per heavy atom. The van der Waals surface area contributed by atoms with Crippen LogP contribution < -0.4 is 21.7 Å². The summed E-state index contributed by atoms with van der Waals surface area (Å²) in [6.07, 6.45) is -17.3. The van der Waals surface area contributed by atoms with Gasteiger partial charge in [0, 0.05) is 35.8 Å². The molecule has 0 unspecified atom stereocenters. The summed E-state index contributed by atoms with van der Waals surface area (Å²) < 4.78 is 98.7. The van der Waals surface area contributed by atoms with Crippen LogP contribution in [0.5, 0.6) is 0 Å². The molecule has 3 rings (SSSR count). The number of anilines is 1. The molecule has 0 spiro atoms. The quantitative estimate of drug-likeness (QED) is 0.162. The van der Waals surface area contributed by atoms with Crippen molar-refractivity contribution in [3.63, 3.8) is 0 Å². The SMILES string of the molecule is CC(C)=C(N)C(=O)OCN1C(=O)[C@@H](NC(=O)[C@H](CCC(F)(F)F)[C@H](CCC(F)(F)F)C(N)=O)N=C(c2cccc(F)c2)c2cccc(C)c21. The van der Waals surface area contributed by atoms with Crippen LogP contribution in [0.25, 0.3) is 0 Å². The van der Waals surface area contributed by atoms with Crippen molar-refractivity contribution in [3.8, 4) is 0 Å². The molecule has 3 atom stereocenters. The number of aryl methyl sites for hydroxylation is 1. The molecule has 0 aliphatic carbocycles. The number of benzodiazepines with no additional fused rings is 1. The highest BCUT2D eigenvalue weighted by Crippen LogP contribution is 2.34. The van der Waals surface area contributed by atoms with Crippen LogP contribution in [0.2, 0.25) is 0 Å². The minimum Gasteiger partial charge on any atom is -0.439 e. The molecular formula is C32H34F7N5O5. The van der Waals surface area contributed by atoms with Crippen LogP contribution >= 0.6 is 0 Å². The third-order valence-corrected chi connectivity index (χ3v) is 7.65. The van der Waals surface area contributed by atoms with Crippen molar-refractivity contribution in [1.29, 1.82) is 0 Å². The Morgan fingerprint density at radius 2 is 1.55 bits per heavy atom. The predicted molar refractivity (Wildman–Crippen MR) is 163 cm³/mol. The Kier molecular flexibility index (Phi) is 12.2. The molecule has 1 heterocycles. The molecule has 1 aliphatic heterocycles. The summed E-state index contributed by atoms with van der Waals surface area (Å²) in [6.45, 7) is 3.83. The topological polar surface area (TPSA) is 157 Å². The summed E-state index contributed by atoms with van der Waals surface area (Å²) in [6, 6.07) is 9.59. The second-order valence-corrected chi connectivity index (χ2v) is 11.5. The van der Waals surface area contributed by atoms with Crippen LogP contribution in [0.15, 0.2) is 58.7 Å². The maximum atomic E-state index is 14.4. The molecule has 0 saturated carbocycles. The minimum atomic E-state index is -4.88. The lowest BCUT2D eigenvalue weighted by molar-refractivity contribution is -0.152. The van der Waals surface area contributed by atoms with E-state index in [-0.39, 0.29) is 28.2 Å². The molecule has 266 valence electrons. The minimum absolute atomic E-state index is 0.0788. The molecule has 5 N–H and O–H groups in total. The van der Waals surface area contributed by atoms with Gasteiger partial charge in [-0.05, 0) is 56.9 Å². The summed E-state index contributed by atoms with van der Waals surface area (Å²) in [5.74, 6) is -9.80. The Hall–Kier alpha value is -4.96. The number of primary amides is 1. The van der Waals surface area contributed by atoms with E-state index in [0.29, 0.717) is 11.1 Å². The van der Waals surface area contributed by atoms with Crippen LogP contribution in [0, 0.1) is 24.6 Å². The Bertz CT molecular complexity index is 1650. The van der Waals surface area contributed by atoms with Crippen molar-refractivity contribution in [2.45, 2.75) is 65.0 Å². The molecule has 2 aromatic carbocycles. The van der Waals surface area contributed by atoms with E-state index in [1.807, 2.05) is 0 Å². The van der Waals surface area contributed by atoms with E-state index in [1.165, 1.54) is 32.0 Å². The molecule has 3 amide bonds. The number of nitrogens with zero attached hydrogens (tertiary/aromatic N) is 2. The van der Waals surface area contributed by atoms with Gasteiger partial charge < -0.3 is 21.5 Å². The van der Waals surface area contributed by atoms with Gasteiger partial charge in [0.2, 0.25) is 18.0 Å². The largest absolute Gasteiger partial charge is 0.439 e. The second kappa shape index (κ2) is 15.5. The number of rotatable bonds is 12. The fourth-order valence-corrected chi connectivity index (χ4v) is 5.15. The summed E-state index contributed by atoms with van der Waals surface area (Å²) in [5.41, 5.74) is 11.9. The van der Waals surface area contributed by atoms with Crippen molar-refractivity contribution >= 4 is 35.1 Å². The standard InChI is InChI=1S/C32H34F7N5O5/c1-16(2)23(40)30(48)49-15-44-25-17(3)6-4-9-22(25)24(18-7-5-8-19(33)14-18)42-27(29(44)47)43-28(46)21(11-13-32(37,38)39)20(26(41)45)10-12-31(34,35)36/h4-9,14,20-21,27H,10-13,15,40H2,1-3H3,(H2,41,45)(H,43,46)/t20-,21+,27+/m0/s1. The molecule has 10 nitrogen and oxygen atoms in total. The number of hydrogen-bond donors (Lipinski definition) is 3. The molecule has 17 heteroatoms. The molecule has 0 radical (unpaired) electrons. The highest BCUT2D eigenvalue weighted by atomic mass is 19.4. The number of aliphatic imine (C=N–C) groups is 1. The first kappa shape index (κ1) is 38.5. The first-order valence-corrected chi connectivity index (χ1v) is 14.8. The van der Waals surface area contributed by atoms with Gasteiger partial charge in [0.05, 0.1) is 11.4 Å². The molecule has 2 aromatic rings. The van der Waals surface area contributed by atoms with E-state index in [0.717, 1.165) is 17.0 Å². The second-order valence-electron chi connectivity index (χ2n) is 11.5. The van der Waals surface area contributed by atoms with E-state index in [9.17, 15) is 49.9 Å². The number of carbonyl (C=O) groups excluding carboxylic acids is 4. The summed E-state index contributed by atoms with van der Waals surface area (Å²) >= 11 is 0. The molecule has 49 heavy (non-hydrogen) atoms.